The molecule has 1 amide bonds. The molecule has 2 aromatic heterocycles. The van der Waals surface area contributed by atoms with Crippen LogP contribution >= 0.6 is 0 Å². The third-order valence-electron chi connectivity index (χ3n) is 8.81. The molecule has 43 heavy (non-hydrogen) atoms. The first kappa shape index (κ1) is 29.0. The van der Waals surface area contributed by atoms with Crippen LogP contribution in [0.25, 0.3) is 10.9 Å². The molecular weight excluding hydrogens is 546 g/mol. The number of likely N-dealkylation sites (N-methyl/N-ethyl adjacent to an activating group) is 1. The van der Waals surface area contributed by atoms with E-state index < -0.39 is 5.41 Å². The Kier molecular flexibility index (Phi) is 7.78. The number of amides is 1. The maximum atomic E-state index is 14.0. The molecule has 2 aromatic carbocycles. The maximum Gasteiger partial charge on any atom is 0.261 e. The third kappa shape index (κ3) is 5.43. The van der Waals surface area contributed by atoms with Crippen molar-refractivity contribution >= 4 is 28.2 Å². The number of benzene rings is 2. The summed E-state index contributed by atoms with van der Waals surface area (Å²) in [5.41, 5.74) is 4.13. The average molecular weight is 586 g/mol. The minimum atomic E-state index is -0.542. The van der Waals surface area contributed by atoms with Gasteiger partial charge in [0.2, 0.25) is 5.91 Å². The zero-order valence-electron chi connectivity index (χ0n) is 25.5. The largest absolute Gasteiger partial charge is 0.382 e. The number of methoxy groups -OCH3 is 1. The molecule has 4 aromatic rings. The van der Waals surface area contributed by atoms with Crippen molar-refractivity contribution in [2.45, 2.75) is 51.2 Å². The summed E-state index contributed by atoms with van der Waals surface area (Å²) in [5, 5.41) is 4.78. The van der Waals surface area contributed by atoms with Gasteiger partial charge in [-0.3, -0.25) is 18.8 Å². The first-order valence-electron chi connectivity index (χ1n) is 14.8. The van der Waals surface area contributed by atoms with Crippen molar-refractivity contribution in [3.63, 3.8) is 0 Å². The highest BCUT2D eigenvalue weighted by atomic mass is 16.5. The van der Waals surface area contributed by atoms with Crippen molar-refractivity contribution in [3.8, 4) is 0 Å². The van der Waals surface area contributed by atoms with Crippen molar-refractivity contribution in [2.24, 2.45) is 7.05 Å². The van der Waals surface area contributed by atoms with E-state index in [0.29, 0.717) is 62.3 Å². The fourth-order valence-electron chi connectivity index (χ4n) is 6.31. The Morgan fingerprint density at radius 1 is 1.05 bits per heavy atom. The van der Waals surface area contributed by atoms with Crippen LogP contribution in [0, 0.1) is 0 Å². The molecule has 11 heteroatoms. The topological polar surface area (TPSA) is 108 Å². The summed E-state index contributed by atoms with van der Waals surface area (Å²) in [4.78, 5) is 40.2. The number of anilines is 2. The Bertz CT molecular complexity index is 1720. The molecule has 0 saturated carbocycles. The second kappa shape index (κ2) is 11.5. The van der Waals surface area contributed by atoms with Gasteiger partial charge in [0.1, 0.15) is 18.0 Å². The number of fused-ring (bicyclic) bond motifs is 2. The van der Waals surface area contributed by atoms with E-state index in [4.69, 9.17) is 14.5 Å². The highest BCUT2D eigenvalue weighted by molar-refractivity contribution is 6.07. The molecule has 0 N–H and O–H groups in total. The lowest BCUT2D eigenvalue weighted by Gasteiger charge is -2.34. The Morgan fingerprint density at radius 3 is 2.63 bits per heavy atom. The van der Waals surface area contributed by atoms with Gasteiger partial charge in [-0.05, 0) is 55.7 Å². The van der Waals surface area contributed by atoms with Crippen LogP contribution in [0.15, 0.2) is 47.5 Å². The third-order valence-corrected chi connectivity index (χ3v) is 8.81. The zero-order valence-corrected chi connectivity index (χ0v) is 25.5. The van der Waals surface area contributed by atoms with Crippen LogP contribution in [0.5, 0.6) is 0 Å². The van der Waals surface area contributed by atoms with E-state index in [1.54, 1.807) is 27.6 Å². The normalized spacial score (nSPS) is 18.1. The molecule has 0 unspecified atom stereocenters. The van der Waals surface area contributed by atoms with Crippen molar-refractivity contribution in [1.82, 2.24) is 24.3 Å². The standard InChI is InChI=1S/C32H39N7O4/c1-32(2)25-9-6-21(16-27(25)36(3)31(32)41)12-13-39-29(11-10-28-33-20-34-37(28)4)35-26-17-22(7-8-24(26)30(39)40)38-14-15-43-23(18-38)19-42-5/h6-9,16-17,20,23H,10-15,18-19H2,1-5H3/t23-/m1/s1. The second-order valence-electron chi connectivity index (χ2n) is 12.0. The fourth-order valence-corrected chi connectivity index (χ4v) is 6.31. The summed E-state index contributed by atoms with van der Waals surface area (Å²) in [7, 11) is 5.37. The van der Waals surface area contributed by atoms with Gasteiger partial charge in [-0.15, -0.1) is 0 Å². The lowest BCUT2D eigenvalue weighted by Crippen LogP contribution is -2.44. The van der Waals surface area contributed by atoms with Crippen molar-refractivity contribution in [3.05, 3.63) is 75.9 Å². The van der Waals surface area contributed by atoms with Gasteiger partial charge in [-0.1, -0.05) is 12.1 Å². The van der Waals surface area contributed by atoms with Crippen molar-refractivity contribution in [2.75, 3.05) is 50.3 Å². The van der Waals surface area contributed by atoms with Gasteiger partial charge >= 0.3 is 0 Å². The van der Waals surface area contributed by atoms with Gasteiger partial charge in [0, 0.05) is 65.1 Å². The van der Waals surface area contributed by atoms with Gasteiger partial charge in [-0.25, -0.2) is 9.97 Å². The Hall–Kier alpha value is -4.09. The number of ether oxygens (including phenoxy) is 2. The number of morpholine rings is 1. The van der Waals surface area contributed by atoms with Gasteiger partial charge in [0.05, 0.1) is 35.6 Å². The lowest BCUT2D eigenvalue weighted by atomic mass is 9.86. The van der Waals surface area contributed by atoms with Gasteiger partial charge in [-0.2, -0.15) is 5.10 Å². The molecule has 2 aliphatic rings. The molecule has 1 fully saturated rings. The molecular formula is C32H39N7O4. The number of hydrogen-bond acceptors (Lipinski definition) is 8. The summed E-state index contributed by atoms with van der Waals surface area (Å²) in [5.74, 6) is 1.64. The van der Waals surface area contributed by atoms with Crippen LogP contribution in [-0.4, -0.2) is 76.8 Å². The molecule has 2 aliphatic heterocycles. The number of carbonyl (C=O) groups is 1. The quantitative estimate of drug-likeness (QED) is 0.295. The molecule has 0 aliphatic carbocycles. The number of hydrogen-bond donors (Lipinski definition) is 0. The highest BCUT2D eigenvalue weighted by Crippen LogP contribution is 2.41. The molecule has 11 nitrogen and oxygen atoms in total. The van der Waals surface area contributed by atoms with Crippen LogP contribution in [0.2, 0.25) is 0 Å². The molecule has 0 bridgehead atoms. The molecule has 1 atom stereocenters. The molecule has 4 heterocycles. The summed E-state index contributed by atoms with van der Waals surface area (Å²) in [6, 6.07) is 12.1. The van der Waals surface area contributed by atoms with Crippen LogP contribution in [0.1, 0.15) is 36.6 Å². The number of rotatable bonds is 9. The fraction of sp³-hybridized carbons (Fsp3) is 0.469. The number of carbonyl (C=O) groups excluding carboxylic acids is 1. The van der Waals surface area contributed by atoms with Gasteiger partial charge in [0.25, 0.3) is 5.56 Å². The summed E-state index contributed by atoms with van der Waals surface area (Å²) in [6.07, 6.45) is 3.33. The number of nitrogens with zero attached hydrogens (tertiary/aromatic N) is 7. The van der Waals surface area contributed by atoms with Crippen LogP contribution in [0.3, 0.4) is 0 Å². The molecule has 1 saturated heterocycles. The lowest BCUT2D eigenvalue weighted by molar-refractivity contribution is -0.121. The first-order valence-corrected chi connectivity index (χ1v) is 14.8. The van der Waals surface area contributed by atoms with Crippen LogP contribution in [-0.2, 0) is 52.5 Å². The Morgan fingerprint density at radius 2 is 1.86 bits per heavy atom. The molecule has 0 spiro atoms. The Labute approximate surface area is 251 Å². The van der Waals surface area contributed by atoms with E-state index in [0.717, 1.165) is 34.9 Å². The van der Waals surface area contributed by atoms with Crippen molar-refractivity contribution in [1.29, 1.82) is 0 Å². The summed E-state index contributed by atoms with van der Waals surface area (Å²) >= 11 is 0. The van der Waals surface area contributed by atoms with Gasteiger partial charge < -0.3 is 19.3 Å². The van der Waals surface area contributed by atoms with Crippen LogP contribution in [0.4, 0.5) is 11.4 Å². The number of aromatic nitrogens is 5. The summed E-state index contributed by atoms with van der Waals surface area (Å²) in [6.45, 7) is 7.03. The van der Waals surface area contributed by atoms with E-state index in [-0.39, 0.29) is 17.6 Å². The Balaban J connectivity index is 1.32. The monoisotopic (exact) mass is 585 g/mol. The first-order chi connectivity index (χ1) is 20.7. The van der Waals surface area contributed by atoms with E-state index in [2.05, 4.69) is 27.1 Å². The van der Waals surface area contributed by atoms with Gasteiger partial charge in [0.15, 0.2) is 0 Å². The van der Waals surface area contributed by atoms with Crippen molar-refractivity contribution < 1.29 is 14.3 Å². The minimum Gasteiger partial charge on any atom is -0.382 e. The molecule has 6 rings (SSSR count). The predicted octanol–water partition coefficient (Wildman–Crippen LogP) is 2.66. The molecule has 0 radical (unpaired) electrons. The average Bonchev–Trinajstić information content (AvgIpc) is 3.49. The van der Waals surface area contributed by atoms with Crippen LogP contribution < -0.4 is 15.4 Å². The number of aryl methyl sites for hydroxylation is 4. The molecule has 226 valence electrons. The maximum absolute atomic E-state index is 14.0. The minimum absolute atomic E-state index is 0.000519. The highest BCUT2D eigenvalue weighted by Gasteiger charge is 2.42. The van der Waals surface area contributed by atoms with E-state index in [1.807, 2.05) is 52.2 Å². The second-order valence-corrected chi connectivity index (χ2v) is 12.0. The van der Waals surface area contributed by atoms with E-state index >= 15 is 0 Å². The van der Waals surface area contributed by atoms with E-state index in [1.165, 1.54) is 0 Å². The predicted molar refractivity (Wildman–Crippen MR) is 165 cm³/mol. The smallest absolute Gasteiger partial charge is 0.261 e. The van der Waals surface area contributed by atoms with E-state index in [9.17, 15) is 9.59 Å². The summed E-state index contributed by atoms with van der Waals surface area (Å²) < 4.78 is 14.7. The SMILES string of the molecule is COC[C@H]1CN(c2ccc3c(=O)n(CCc4ccc5c(c4)N(C)C(=O)C5(C)C)c(CCc4ncnn4C)nc3c2)CCO1. The zero-order chi connectivity index (χ0) is 30.3.